The lowest BCUT2D eigenvalue weighted by Crippen LogP contribution is -2.38. The summed E-state index contributed by atoms with van der Waals surface area (Å²) < 4.78 is 0. The van der Waals surface area contributed by atoms with E-state index in [1.807, 2.05) is 53.1 Å². The molecule has 0 atom stereocenters. The average molecular weight is 448 g/mol. The van der Waals surface area contributed by atoms with Crippen molar-refractivity contribution in [2.45, 2.75) is 52.2 Å². The number of aliphatic imine (C=N–C) groups is 1. The van der Waals surface area contributed by atoms with E-state index >= 15 is 0 Å². The van der Waals surface area contributed by atoms with Crippen molar-refractivity contribution < 1.29 is 9.59 Å². The van der Waals surface area contributed by atoms with E-state index in [0.717, 1.165) is 56.2 Å². The summed E-state index contributed by atoms with van der Waals surface area (Å²) in [6.07, 6.45) is 2.85. The zero-order chi connectivity index (χ0) is 23.0. The fraction of sp³-hybridized carbons (Fsp3) is 0.423. The first-order valence-electron chi connectivity index (χ1n) is 11.9. The van der Waals surface area contributed by atoms with Crippen molar-refractivity contribution in [2.75, 3.05) is 24.5 Å². The second-order valence-corrected chi connectivity index (χ2v) is 8.56. The van der Waals surface area contributed by atoms with Gasteiger partial charge in [0.25, 0.3) is 0 Å². The molecule has 2 amide bonds. The second kappa shape index (κ2) is 11.0. The molecule has 0 radical (unpaired) electrons. The Labute approximate surface area is 195 Å². The summed E-state index contributed by atoms with van der Waals surface area (Å²) >= 11 is 0. The van der Waals surface area contributed by atoms with Gasteiger partial charge in [-0.1, -0.05) is 36.4 Å². The van der Waals surface area contributed by atoms with Gasteiger partial charge in [0.1, 0.15) is 0 Å². The fourth-order valence-electron chi connectivity index (χ4n) is 4.33. The molecule has 0 aliphatic carbocycles. The highest BCUT2D eigenvalue weighted by atomic mass is 16.2. The van der Waals surface area contributed by atoms with Crippen LogP contribution in [0.25, 0.3) is 0 Å². The minimum atomic E-state index is 0.200. The predicted octanol–water partition coefficient (Wildman–Crippen LogP) is 3.19. The van der Waals surface area contributed by atoms with Crippen LogP contribution in [0.2, 0.25) is 0 Å². The Morgan fingerprint density at radius 1 is 1.03 bits per heavy atom. The lowest BCUT2D eigenvalue weighted by atomic mass is 10.1. The SMILES string of the molecule is CCNC(=NCc1ccc(N2CCCC2=O)cc1)NCCCC(=O)N1Cc2ccccc2C1. The smallest absolute Gasteiger partial charge is 0.227 e. The Hall–Kier alpha value is -3.35. The molecular formula is C26H33N5O2. The van der Waals surface area contributed by atoms with Crippen molar-refractivity contribution in [3.63, 3.8) is 0 Å². The number of amides is 2. The van der Waals surface area contributed by atoms with E-state index in [-0.39, 0.29) is 11.8 Å². The van der Waals surface area contributed by atoms with E-state index in [1.165, 1.54) is 11.1 Å². The standard InChI is InChI=1S/C26H33N5O2/c1-2-27-26(29-17-20-11-13-23(14-12-20)31-16-6-10-25(31)33)28-15-5-9-24(32)30-18-21-7-3-4-8-22(21)19-30/h3-4,7-8,11-14H,2,5-6,9-10,15-19H2,1H3,(H2,27,28,29). The second-order valence-electron chi connectivity index (χ2n) is 8.56. The molecule has 1 fully saturated rings. The average Bonchev–Trinajstić information content (AvgIpc) is 3.46. The maximum atomic E-state index is 12.6. The summed E-state index contributed by atoms with van der Waals surface area (Å²) in [7, 11) is 0. The van der Waals surface area contributed by atoms with E-state index in [0.29, 0.717) is 25.9 Å². The van der Waals surface area contributed by atoms with Crippen molar-refractivity contribution in [2.24, 2.45) is 4.99 Å². The van der Waals surface area contributed by atoms with Gasteiger partial charge in [-0.3, -0.25) is 9.59 Å². The summed E-state index contributed by atoms with van der Waals surface area (Å²) in [4.78, 5) is 32.9. The summed E-state index contributed by atoms with van der Waals surface area (Å²) in [5.74, 6) is 1.15. The van der Waals surface area contributed by atoms with Gasteiger partial charge in [-0.15, -0.1) is 0 Å². The topological polar surface area (TPSA) is 77.0 Å². The van der Waals surface area contributed by atoms with Crippen LogP contribution < -0.4 is 15.5 Å². The molecular weight excluding hydrogens is 414 g/mol. The Kier molecular flexibility index (Phi) is 7.60. The molecule has 0 spiro atoms. The van der Waals surface area contributed by atoms with Crippen LogP contribution in [-0.4, -0.2) is 42.3 Å². The van der Waals surface area contributed by atoms with Gasteiger partial charge in [-0.2, -0.15) is 0 Å². The van der Waals surface area contributed by atoms with E-state index < -0.39 is 0 Å². The molecule has 0 unspecified atom stereocenters. The maximum Gasteiger partial charge on any atom is 0.227 e. The third-order valence-corrected chi connectivity index (χ3v) is 6.14. The van der Waals surface area contributed by atoms with Crippen LogP contribution in [0.15, 0.2) is 53.5 Å². The molecule has 2 aliphatic rings. The highest BCUT2D eigenvalue weighted by Crippen LogP contribution is 2.23. The van der Waals surface area contributed by atoms with Crippen LogP contribution in [0.4, 0.5) is 5.69 Å². The number of fused-ring (bicyclic) bond motifs is 1. The number of anilines is 1. The van der Waals surface area contributed by atoms with Crippen LogP contribution in [0.5, 0.6) is 0 Å². The Morgan fingerprint density at radius 2 is 1.76 bits per heavy atom. The summed E-state index contributed by atoms with van der Waals surface area (Å²) in [6, 6.07) is 16.3. The molecule has 7 heteroatoms. The van der Waals surface area contributed by atoms with Crippen molar-refractivity contribution in [1.82, 2.24) is 15.5 Å². The maximum absolute atomic E-state index is 12.6. The van der Waals surface area contributed by atoms with E-state index in [1.54, 1.807) is 0 Å². The molecule has 0 aromatic heterocycles. The summed E-state index contributed by atoms with van der Waals surface area (Å²) in [6.45, 7) is 6.29. The quantitative estimate of drug-likeness (QED) is 0.370. The summed E-state index contributed by atoms with van der Waals surface area (Å²) in [5, 5.41) is 6.59. The number of hydrogen-bond donors (Lipinski definition) is 2. The number of nitrogens with zero attached hydrogens (tertiary/aromatic N) is 3. The van der Waals surface area contributed by atoms with Gasteiger partial charge in [-0.05, 0) is 48.6 Å². The molecule has 2 heterocycles. The van der Waals surface area contributed by atoms with Gasteiger partial charge in [0.2, 0.25) is 11.8 Å². The number of nitrogens with one attached hydrogen (secondary N) is 2. The normalized spacial score (nSPS) is 15.7. The molecule has 174 valence electrons. The Morgan fingerprint density at radius 3 is 2.39 bits per heavy atom. The molecule has 2 aromatic carbocycles. The van der Waals surface area contributed by atoms with Crippen LogP contribution in [0.3, 0.4) is 0 Å². The van der Waals surface area contributed by atoms with Crippen molar-refractivity contribution in [1.29, 1.82) is 0 Å². The van der Waals surface area contributed by atoms with Crippen LogP contribution in [0.1, 0.15) is 49.3 Å². The number of guanidine groups is 1. The zero-order valence-electron chi connectivity index (χ0n) is 19.3. The third kappa shape index (κ3) is 5.92. The van der Waals surface area contributed by atoms with Crippen LogP contribution >= 0.6 is 0 Å². The number of carbonyl (C=O) groups is 2. The summed E-state index contributed by atoms with van der Waals surface area (Å²) in [5.41, 5.74) is 4.56. The number of hydrogen-bond acceptors (Lipinski definition) is 3. The van der Waals surface area contributed by atoms with E-state index in [4.69, 9.17) is 0 Å². The van der Waals surface area contributed by atoms with Gasteiger partial charge in [0, 0.05) is 51.3 Å². The predicted molar refractivity (Wildman–Crippen MR) is 131 cm³/mol. The van der Waals surface area contributed by atoms with Crippen LogP contribution in [0, 0.1) is 0 Å². The van der Waals surface area contributed by atoms with E-state index in [9.17, 15) is 9.59 Å². The molecule has 33 heavy (non-hydrogen) atoms. The lowest BCUT2D eigenvalue weighted by Gasteiger charge is -2.16. The van der Waals surface area contributed by atoms with Gasteiger partial charge in [0.15, 0.2) is 5.96 Å². The molecule has 2 aliphatic heterocycles. The van der Waals surface area contributed by atoms with Crippen LogP contribution in [-0.2, 0) is 29.2 Å². The highest BCUT2D eigenvalue weighted by Gasteiger charge is 2.22. The number of benzene rings is 2. The van der Waals surface area contributed by atoms with Gasteiger partial charge in [0.05, 0.1) is 6.54 Å². The molecule has 2 N–H and O–H groups in total. The first kappa shape index (κ1) is 22.8. The number of rotatable bonds is 8. The van der Waals surface area contributed by atoms with Crippen molar-refractivity contribution in [3.8, 4) is 0 Å². The van der Waals surface area contributed by atoms with Crippen molar-refractivity contribution >= 4 is 23.5 Å². The minimum absolute atomic E-state index is 0.200. The third-order valence-electron chi connectivity index (χ3n) is 6.14. The highest BCUT2D eigenvalue weighted by molar-refractivity contribution is 5.95. The molecule has 0 saturated carbocycles. The largest absolute Gasteiger partial charge is 0.357 e. The minimum Gasteiger partial charge on any atom is -0.357 e. The number of carbonyl (C=O) groups excluding carboxylic acids is 2. The van der Waals surface area contributed by atoms with E-state index in [2.05, 4.69) is 27.8 Å². The first-order chi connectivity index (χ1) is 16.1. The molecule has 1 saturated heterocycles. The van der Waals surface area contributed by atoms with Gasteiger partial charge < -0.3 is 20.4 Å². The molecule has 2 aromatic rings. The van der Waals surface area contributed by atoms with Crippen molar-refractivity contribution in [3.05, 3.63) is 65.2 Å². The Bertz CT molecular complexity index is 977. The fourth-order valence-corrected chi connectivity index (χ4v) is 4.33. The molecule has 7 nitrogen and oxygen atoms in total. The zero-order valence-corrected chi connectivity index (χ0v) is 19.3. The Balaban J connectivity index is 1.21. The molecule has 0 bridgehead atoms. The monoisotopic (exact) mass is 447 g/mol. The van der Waals surface area contributed by atoms with Gasteiger partial charge >= 0.3 is 0 Å². The first-order valence-corrected chi connectivity index (χ1v) is 11.9. The lowest BCUT2D eigenvalue weighted by molar-refractivity contribution is -0.131. The van der Waals surface area contributed by atoms with Gasteiger partial charge in [-0.25, -0.2) is 4.99 Å². The molecule has 4 rings (SSSR count).